The number of ether oxygens (including phenoxy) is 1. The Morgan fingerprint density at radius 3 is 2.25 bits per heavy atom. The van der Waals surface area contributed by atoms with Crippen molar-refractivity contribution < 1.29 is 26.7 Å². The predicted molar refractivity (Wildman–Crippen MR) is 65.2 cm³/mol. The van der Waals surface area contributed by atoms with Gasteiger partial charge < -0.3 is 10.1 Å². The molecule has 1 rings (SSSR count). The molecule has 7 heteroatoms. The van der Waals surface area contributed by atoms with Crippen molar-refractivity contribution in [1.29, 1.82) is 0 Å². The molecule has 1 atom stereocenters. The van der Waals surface area contributed by atoms with Crippen LogP contribution in [0.15, 0.2) is 18.2 Å². The monoisotopic (exact) mass is 297 g/mol. The highest BCUT2D eigenvalue weighted by molar-refractivity contribution is 5.40. The van der Waals surface area contributed by atoms with Crippen molar-refractivity contribution in [3.8, 4) is 5.75 Å². The Morgan fingerprint density at radius 2 is 1.80 bits per heavy atom. The van der Waals surface area contributed by atoms with Crippen LogP contribution in [0.4, 0.5) is 22.0 Å². The summed E-state index contributed by atoms with van der Waals surface area (Å²) in [5, 5.41) is 2.20. The highest BCUT2D eigenvalue weighted by Gasteiger charge is 2.63. The first-order chi connectivity index (χ1) is 9.15. The first kappa shape index (κ1) is 16.7. The van der Waals surface area contributed by atoms with E-state index < -0.39 is 18.1 Å². The van der Waals surface area contributed by atoms with E-state index in [2.05, 4.69) is 5.32 Å². The largest absolute Gasteiger partial charge is 0.496 e. The van der Waals surface area contributed by atoms with Crippen LogP contribution >= 0.6 is 0 Å². The fourth-order valence-electron chi connectivity index (χ4n) is 1.88. The Morgan fingerprint density at radius 1 is 1.20 bits per heavy atom. The van der Waals surface area contributed by atoms with Crippen molar-refractivity contribution in [2.75, 3.05) is 13.7 Å². The van der Waals surface area contributed by atoms with Gasteiger partial charge in [0.05, 0.1) is 7.11 Å². The molecule has 0 saturated heterocycles. The molecule has 0 fully saturated rings. The summed E-state index contributed by atoms with van der Waals surface area (Å²) in [7, 11) is 1.23. The molecule has 0 aliphatic heterocycles. The van der Waals surface area contributed by atoms with Crippen molar-refractivity contribution in [3.63, 3.8) is 0 Å². The van der Waals surface area contributed by atoms with Crippen molar-refractivity contribution in [1.82, 2.24) is 5.32 Å². The molecule has 0 aliphatic carbocycles. The molecule has 0 amide bonds. The summed E-state index contributed by atoms with van der Waals surface area (Å²) in [6, 6.07) is 2.03. The summed E-state index contributed by atoms with van der Waals surface area (Å²) in [5.41, 5.74) is 0.360. The number of aryl methyl sites for hydroxylation is 1. The third-order valence-electron chi connectivity index (χ3n) is 2.84. The van der Waals surface area contributed by atoms with E-state index in [0.29, 0.717) is 5.56 Å². The fourth-order valence-corrected chi connectivity index (χ4v) is 1.88. The maximum atomic E-state index is 13.7. The van der Waals surface area contributed by atoms with Crippen LogP contribution in [0, 0.1) is 6.92 Å². The van der Waals surface area contributed by atoms with Crippen LogP contribution in [0.3, 0.4) is 0 Å². The molecule has 2 nitrogen and oxygen atoms in total. The highest BCUT2D eigenvalue weighted by Crippen LogP contribution is 2.46. The van der Waals surface area contributed by atoms with Crippen molar-refractivity contribution in [2.24, 2.45) is 0 Å². The molecule has 20 heavy (non-hydrogen) atoms. The molecular weight excluding hydrogens is 281 g/mol. The molecule has 0 aliphatic rings. The van der Waals surface area contributed by atoms with Crippen molar-refractivity contribution in [3.05, 3.63) is 29.3 Å². The van der Waals surface area contributed by atoms with Gasteiger partial charge in [-0.05, 0) is 19.5 Å². The van der Waals surface area contributed by atoms with E-state index in [4.69, 9.17) is 4.74 Å². The SMILES string of the molecule is CCNC(c1cc(C)ccc1OC)C(F)(F)C(F)(F)F. The minimum absolute atomic E-state index is 0.00882. The van der Waals surface area contributed by atoms with Gasteiger partial charge in [0.2, 0.25) is 0 Å². The zero-order chi connectivity index (χ0) is 15.6. The Bertz CT molecular complexity index is 459. The Kier molecular flexibility index (Phi) is 4.96. The minimum atomic E-state index is -5.64. The minimum Gasteiger partial charge on any atom is -0.496 e. The van der Waals surface area contributed by atoms with E-state index in [1.807, 2.05) is 0 Å². The molecule has 0 bridgehead atoms. The third-order valence-corrected chi connectivity index (χ3v) is 2.84. The average molecular weight is 297 g/mol. The van der Waals surface area contributed by atoms with E-state index in [0.717, 1.165) is 0 Å². The fraction of sp³-hybridized carbons (Fsp3) is 0.538. The van der Waals surface area contributed by atoms with Crippen LogP contribution in [0.5, 0.6) is 5.75 Å². The van der Waals surface area contributed by atoms with Crippen LogP contribution in [-0.4, -0.2) is 25.8 Å². The van der Waals surface area contributed by atoms with Gasteiger partial charge in [-0.15, -0.1) is 0 Å². The zero-order valence-electron chi connectivity index (χ0n) is 11.3. The zero-order valence-corrected chi connectivity index (χ0v) is 11.3. The summed E-state index contributed by atoms with van der Waals surface area (Å²) >= 11 is 0. The molecule has 1 aromatic carbocycles. The van der Waals surface area contributed by atoms with Crippen LogP contribution in [-0.2, 0) is 0 Å². The lowest BCUT2D eigenvalue weighted by Gasteiger charge is -2.30. The van der Waals surface area contributed by atoms with Gasteiger partial charge in [-0.25, -0.2) is 0 Å². The smallest absolute Gasteiger partial charge is 0.455 e. The molecule has 114 valence electrons. The third kappa shape index (κ3) is 3.20. The predicted octanol–water partition coefficient (Wildman–Crippen LogP) is 3.85. The van der Waals surface area contributed by atoms with Crippen molar-refractivity contribution >= 4 is 0 Å². The molecule has 0 heterocycles. The van der Waals surface area contributed by atoms with E-state index in [9.17, 15) is 22.0 Å². The van der Waals surface area contributed by atoms with E-state index in [1.165, 1.54) is 26.2 Å². The second kappa shape index (κ2) is 5.95. The maximum absolute atomic E-state index is 13.7. The maximum Gasteiger partial charge on any atom is 0.455 e. The van der Waals surface area contributed by atoms with E-state index in [1.54, 1.807) is 13.0 Å². The Balaban J connectivity index is 3.37. The molecule has 1 aromatic rings. The first-order valence-electron chi connectivity index (χ1n) is 5.97. The van der Waals surface area contributed by atoms with Gasteiger partial charge in [0.15, 0.2) is 0 Å². The summed E-state index contributed by atoms with van der Waals surface area (Å²) in [5.74, 6) is -4.91. The second-order valence-electron chi connectivity index (χ2n) is 4.36. The van der Waals surface area contributed by atoms with Gasteiger partial charge in [-0.2, -0.15) is 22.0 Å². The molecule has 0 spiro atoms. The molecule has 0 aromatic heterocycles. The van der Waals surface area contributed by atoms with Gasteiger partial charge in [0.25, 0.3) is 0 Å². The van der Waals surface area contributed by atoms with E-state index in [-0.39, 0.29) is 17.9 Å². The normalized spacial score (nSPS) is 14.2. The quantitative estimate of drug-likeness (QED) is 0.833. The highest BCUT2D eigenvalue weighted by atomic mass is 19.4. The number of halogens is 5. The number of rotatable bonds is 5. The Labute approximate surface area is 113 Å². The Hall–Kier alpha value is -1.37. The van der Waals surface area contributed by atoms with Gasteiger partial charge in [0.1, 0.15) is 11.8 Å². The number of methoxy groups -OCH3 is 1. The summed E-state index contributed by atoms with van der Waals surface area (Å²) in [6.07, 6.45) is -5.64. The van der Waals surface area contributed by atoms with E-state index >= 15 is 0 Å². The first-order valence-corrected chi connectivity index (χ1v) is 5.97. The molecule has 1 unspecified atom stereocenters. The van der Waals surface area contributed by atoms with Crippen LogP contribution in [0.2, 0.25) is 0 Å². The molecule has 0 radical (unpaired) electrons. The number of alkyl halides is 5. The van der Waals surface area contributed by atoms with Gasteiger partial charge in [-0.3, -0.25) is 0 Å². The summed E-state index contributed by atoms with van der Waals surface area (Å²) in [4.78, 5) is 0. The second-order valence-corrected chi connectivity index (χ2v) is 4.36. The number of benzene rings is 1. The van der Waals surface area contributed by atoms with Gasteiger partial charge in [0, 0.05) is 5.56 Å². The van der Waals surface area contributed by atoms with Crippen LogP contribution in [0.25, 0.3) is 0 Å². The van der Waals surface area contributed by atoms with Gasteiger partial charge >= 0.3 is 12.1 Å². The standard InChI is InChI=1S/C13H16F5NO/c1-4-19-11(12(14,15)13(16,17)18)9-7-8(2)5-6-10(9)20-3/h5-7,11,19H,4H2,1-3H3. The molecule has 1 N–H and O–H groups in total. The summed E-state index contributed by atoms with van der Waals surface area (Å²) in [6.45, 7) is 3.03. The number of nitrogens with one attached hydrogen (secondary N) is 1. The number of hydrogen-bond donors (Lipinski definition) is 1. The van der Waals surface area contributed by atoms with Gasteiger partial charge in [-0.1, -0.05) is 24.6 Å². The number of hydrogen-bond acceptors (Lipinski definition) is 2. The van der Waals surface area contributed by atoms with Crippen LogP contribution in [0.1, 0.15) is 24.1 Å². The summed E-state index contributed by atoms with van der Waals surface area (Å²) < 4.78 is 70.0. The lowest BCUT2D eigenvalue weighted by Crippen LogP contribution is -2.48. The average Bonchev–Trinajstić information content (AvgIpc) is 2.34. The lowest BCUT2D eigenvalue weighted by atomic mass is 9.97. The van der Waals surface area contributed by atoms with Crippen LogP contribution < -0.4 is 10.1 Å². The molecular formula is C13H16F5NO. The van der Waals surface area contributed by atoms with Crippen molar-refractivity contribution in [2.45, 2.75) is 32.0 Å². The molecule has 0 saturated carbocycles. The topological polar surface area (TPSA) is 21.3 Å². The lowest BCUT2D eigenvalue weighted by molar-refractivity contribution is -0.294.